The molecule has 2 saturated heterocycles. The molecule has 0 N–H and O–H groups in total. The highest BCUT2D eigenvalue weighted by atomic mass is 16.6. The summed E-state index contributed by atoms with van der Waals surface area (Å²) in [5.41, 5.74) is 4.79. The summed E-state index contributed by atoms with van der Waals surface area (Å²) >= 11 is 0. The number of esters is 1. The summed E-state index contributed by atoms with van der Waals surface area (Å²) in [5, 5.41) is 4.15. The van der Waals surface area contributed by atoms with Crippen LogP contribution in [-0.4, -0.2) is 60.1 Å². The number of likely N-dealkylation sites (tertiary alicyclic amines) is 1. The number of amides is 1. The quantitative estimate of drug-likeness (QED) is 0.248. The zero-order valence-corrected chi connectivity index (χ0v) is 23.8. The van der Waals surface area contributed by atoms with E-state index in [4.69, 9.17) is 19.3 Å². The number of allylic oxidation sites excluding steroid dienone is 1. The lowest BCUT2D eigenvalue weighted by molar-refractivity contribution is -0.144. The van der Waals surface area contributed by atoms with Gasteiger partial charge in [0.25, 0.3) is 0 Å². The van der Waals surface area contributed by atoms with Gasteiger partial charge in [-0.25, -0.2) is 4.79 Å². The van der Waals surface area contributed by atoms with E-state index in [-0.39, 0.29) is 41.8 Å². The molecule has 1 aromatic heterocycles. The third-order valence-corrected chi connectivity index (χ3v) is 8.65. The molecule has 0 bridgehead atoms. The molecule has 40 heavy (non-hydrogen) atoms. The number of benzene rings is 1. The molecule has 0 radical (unpaired) electrons. The molecule has 2 aliphatic heterocycles. The molecule has 1 aromatic carbocycles. The van der Waals surface area contributed by atoms with Crippen molar-refractivity contribution in [2.75, 3.05) is 26.3 Å². The Morgan fingerprint density at radius 2 is 2.05 bits per heavy atom. The summed E-state index contributed by atoms with van der Waals surface area (Å²) in [7, 11) is 0. The molecule has 8 heteroatoms. The van der Waals surface area contributed by atoms with Gasteiger partial charge in [0.1, 0.15) is 12.7 Å². The Balaban J connectivity index is 1.34. The number of nitrogens with zero attached hydrogens (tertiary/aromatic N) is 3. The van der Waals surface area contributed by atoms with E-state index in [1.807, 2.05) is 52.1 Å². The van der Waals surface area contributed by atoms with E-state index >= 15 is 0 Å². The molecule has 3 fully saturated rings. The van der Waals surface area contributed by atoms with Gasteiger partial charge < -0.3 is 19.2 Å². The van der Waals surface area contributed by atoms with Gasteiger partial charge in [0, 0.05) is 30.8 Å². The number of piperidine rings is 1. The highest BCUT2D eigenvalue weighted by Crippen LogP contribution is 2.51. The van der Waals surface area contributed by atoms with Gasteiger partial charge >= 0.3 is 12.1 Å². The Bertz CT molecular complexity index is 1270. The maximum atomic E-state index is 12.7. The Morgan fingerprint density at radius 3 is 2.80 bits per heavy atom. The van der Waals surface area contributed by atoms with E-state index in [0.29, 0.717) is 32.2 Å². The van der Waals surface area contributed by atoms with Gasteiger partial charge in [-0.3, -0.25) is 9.78 Å². The van der Waals surface area contributed by atoms with E-state index in [2.05, 4.69) is 35.5 Å². The summed E-state index contributed by atoms with van der Waals surface area (Å²) in [5.74, 6) is 0.704. The maximum absolute atomic E-state index is 12.7. The van der Waals surface area contributed by atoms with Crippen LogP contribution in [0.5, 0.6) is 0 Å². The van der Waals surface area contributed by atoms with Gasteiger partial charge in [-0.2, -0.15) is 0 Å². The number of carbonyl (C=O) groups excluding carboxylic acids is 2. The van der Waals surface area contributed by atoms with E-state index in [1.165, 1.54) is 0 Å². The number of pyridine rings is 1. The average Bonchev–Trinajstić information content (AvgIpc) is 3.26. The molecule has 0 spiro atoms. The normalized spacial score (nSPS) is 28.1. The van der Waals surface area contributed by atoms with Gasteiger partial charge in [-0.05, 0) is 87.6 Å². The molecule has 6 unspecified atom stereocenters. The number of fused-ring (bicyclic) bond motifs is 2. The molecule has 3 aliphatic rings. The minimum absolute atomic E-state index is 0.103. The van der Waals surface area contributed by atoms with Crippen LogP contribution in [0.4, 0.5) is 4.79 Å². The van der Waals surface area contributed by atoms with Crippen LogP contribution < -0.4 is 0 Å². The van der Waals surface area contributed by atoms with Crippen molar-refractivity contribution in [3.05, 3.63) is 59.9 Å². The summed E-state index contributed by atoms with van der Waals surface area (Å²) in [6.07, 6.45) is 7.48. The molecule has 8 nitrogen and oxygen atoms in total. The Labute approximate surface area is 236 Å². The number of carbonyl (C=O) groups is 2. The average molecular weight is 546 g/mol. The lowest BCUT2D eigenvalue weighted by Crippen LogP contribution is -2.51. The fraction of sp³-hybridized carbons (Fsp3) is 0.500. The van der Waals surface area contributed by atoms with Gasteiger partial charge in [0.2, 0.25) is 0 Å². The number of hydrogen-bond acceptors (Lipinski definition) is 7. The van der Waals surface area contributed by atoms with E-state index < -0.39 is 0 Å². The Morgan fingerprint density at radius 1 is 1.20 bits per heavy atom. The first-order valence-corrected chi connectivity index (χ1v) is 14.4. The number of cyclic esters (lactones) is 1. The lowest BCUT2D eigenvalue weighted by atomic mass is 9.59. The largest absolute Gasteiger partial charge is 0.462 e. The molecule has 1 aliphatic carbocycles. The van der Waals surface area contributed by atoms with Crippen LogP contribution >= 0.6 is 0 Å². The third-order valence-electron chi connectivity index (χ3n) is 8.65. The second kappa shape index (κ2) is 12.2. The number of aromatic nitrogens is 1. The molecule has 1 amide bonds. The van der Waals surface area contributed by atoms with Crippen molar-refractivity contribution in [1.82, 2.24) is 9.88 Å². The molecular formula is C32H39N3O5. The molecule has 1 saturated carbocycles. The number of rotatable bonds is 7. The van der Waals surface area contributed by atoms with Crippen LogP contribution in [0.1, 0.15) is 51.8 Å². The Hall–Kier alpha value is -3.68. The predicted octanol–water partition coefficient (Wildman–Crippen LogP) is 5.81. The van der Waals surface area contributed by atoms with Crippen LogP contribution in [0.15, 0.2) is 53.8 Å². The SMILES string of the molecule is CCO/N=C(\C)c1cccc(-c2ccc(/C=C/C3C4CCN(C(=O)OCC)CC4CC4C(=O)OC(C)C43)nc2)c1. The predicted molar refractivity (Wildman–Crippen MR) is 153 cm³/mol. The number of hydrogen-bond donors (Lipinski definition) is 0. The van der Waals surface area contributed by atoms with Gasteiger partial charge in [0.15, 0.2) is 0 Å². The third kappa shape index (κ3) is 5.76. The van der Waals surface area contributed by atoms with E-state index in [1.54, 1.807) is 4.90 Å². The zero-order chi connectivity index (χ0) is 28.2. The summed E-state index contributed by atoms with van der Waals surface area (Å²) in [6, 6.07) is 12.3. The topological polar surface area (TPSA) is 90.3 Å². The minimum Gasteiger partial charge on any atom is -0.462 e. The Kier molecular flexibility index (Phi) is 8.52. The van der Waals surface area contributed by atoms with Gasteiger partial charge in [0.05, 0.1) is 23.9 Å². The fourth-order valence-corrected chi connectivity index (χ4v) is 6.76. The van der Waals surface area contributed by atoms with Crippen molar-refractivity contribution in [2.24, 2.45) is 34.7 Å². The van der Waals surface area contributed by atoms with Crippen LogP contribution in [0.3, 0.4) is 0 Å². The highest BCUT2D eigenvalue weighted by molar-refractivity contribution is 5.99. The van der Waals surface area contributed by atoms with Crippen molar-refractivity contribution in [3.8, 4) is 11.1 Å². The molecule has 3 heterocycles. The van der Waals surface area contributed by atoms with Crippen molar-refractivity contribution < 1.29 is 23.9 Å². The lowest BCUT2D eigenvalue weighted by Gasteiger charge is -2.48. The molecular weight excluding hydrogens is 506 g/mol. The standard InChI is InChI=1S/C32H39N3O5/c1-5-38-32(37)35-15-14-27-25(19-35)17-29-30(21(4)40-31(29)36)28(27)13-12-26-11-10-24(18-33-26)23-9-7-8-22(16-23)20(3)34-39-6-2/h7-13,16,18,21,25,27-30H,5-6,14-15,17,19H2,1-4H3/b13-12+,34-20+. The van der Waals surface area contributed by atoms with Crippen molar-refractivity contribution in [3.63, 3.8) is 0 Å². The minimum atomic E-state index is -0.260. The summed E-state index contributed by atoms with van der Waals surface area (Å²) in [4.78, 5) is 36.9. The maximum Gasteiger partial charge on any atom is 0.409 e. The van der Waals surface area contributed by atoms with Crippen molar-refractivity contribution >= 4 is 23.9 Å². The number of ether oxygens (including phenoxy) is 2. The van der Waals surface area contributed by atoms with Crippen LogP contribution in [0, 0.1) is 29.6 Å². The summed E-state index contributed by atoms with van der Waals surface area (Å²) in [6.45, 7) is 9.88. The molecule has 6 atom stereocenters. The molecule has 212 valence electrons. The van der Waals surface area contributed by atoms with Crippen molar-refractivity contribution in [1.29, 1.82) is 0 Å². The van der Waals surface area contributed by atoms with Crippen LogP contribution in [0.2, 0.25) is 0 Å². The van der Waals surface area contributed by atoms with E-state index in [9.17, 15) is 9.59 Å². The van der Waals surface area contributed by atoms with Crippen LogP contribution in [0.25, 0.3) is 17.2 Å². The smallest absolute Gasteiger partial charge is 0.409 e. The zero-order valence-electron chi connectivity index (χ0n) is 23.8. The van der Waals surface area contributed by atoms with Crippen LogP contribution in [-0.2, 0) is 19.1 Å². The fourth-order valence-electron chi connectivity index (χ4n) is 6.76. The first kappa shape index (κ1) is 27.9. The monoisotopic (exact) mass is 545 g/mol. The first-order chi connectivity index (χ1) is 19.4. The van der Waals surface area contributed by atoms with E-state index in [0.717, 1.165) is 40.9 Å². The second-order valence-electron chi connectivity index (χ2n) is 11.0. The number of oxime groups is 1. The van der Waals surface area contributed by atoms with Crippen molar-refractivity contribution in [2.45, 2.75) is 46.6 Å². The van der Waals surface area contributed by atoms with Gasteiger partial charge in [-0.15, -0.1) is 0 Å². The van der Waals surface area contributed by atoms with Gasteiger partial charge in [-0.1, -0.05) is 35.5 Å². The first-order valence-electron chi connectivity index (χ1n) is 14.4. The molecule has 5 rings (SSSR count). The highest BCUT2D eigenvalue weighted by Gasteiger charge is 2.54. The summed E-state index contributed by atoms with van der Waals surface area (Å²) < 4.78 is 11.0. The second-order valence-corrected chi connectivity index (χ2v) is 11.0. The molecule has 2 aromatic rings.